The van der Waals surface area contributed by atoms with Gasteiger partial charge < -0.3 is 105 Å². The van der Waals surface area contributed by atoms with Crippen molar-refractivity contribution in [1.29, 1.82) is 0 Å². The van der Waals surface area contributed by atoms with Gasteiger partial charge >= 0.3 is 0 Å². The van der Waals surface area contributed by atoms with Crippen molar-refractivity contribution < 1.29 is 103 Å². The second kappa shape index (κ2) is 34.9. The molecule has 24 heteroatoms. The molecule has 2 aliphatic rings. The van der Waals surface area contributed by atoms with Crippen molar-refractivity contribution >= 4 is 17.7 Å². The summed E-state index contributed by atoms with van der Waals surface area (Å²) < 4.78 is 52.7. The van der Waals surface area contributed by atoms with E-state index in [0.29, 0.717) is 78.2 Å². The SMILES string of the molecule is CC(=O)NC(C)[C@H](OCCCCCOCC(C)(COCCCCCO[C@@H]1OC(CO)[C@H](O)C(O)C1NC(C)=O)COCCCCCO[C@@H]1OC(CO)[C@H](O)C(O)C1NC(C)=O)OC(CO)[C@H](O)CO. The third-order valence-electron chi connectivity index (χ3n) is 11.4. The van der Waals surface area contributed by atoms with Crippen molar-refractivity contribution in [1.82, 2.24) is 16.0 Å². The summed E-state index contributed by atoms with van der Waals surface area (Å²) in [4.78, 5) is 35.1. The number of carbonyl (C=O) groups is 3. The fourth-order valence-electron chi connectivity index (χ4n) is 7.59. The van der Waals surface area contributed by atoms with Gasteiger partial charge in [0.25, 0.3) is 0 Å². The van der Waals surface area contributed by atoms with Gasteiger partial charge in [0.2, 0.25) is 17.7 Å². The van der Waals surface area contributed by atoms with Crippen LogP contribution in [-0.2, 0) is 57.0 Å². The zero-order chi connectivity index (χ0) is 51.4. The van der Waals surface area contributed by atoms with Gasteiger partial charge in [0.05, 0.1) is 52.3 Å². The van der Waals surface area contributed by atoms with E-state index < -0.39 is 129 Å². The number of amides is 3. The molecule has 0 aliphatic carbocycles. The molecule has 0 spiro atoms. The number of carbonyl (C=O) groups excluding carboxylic acids is 3. The van der Waals surface area contributed by atoms with Crippen LogP contribution in [0.3, 0.4) is 0 Å². The van der Waals surface area contributed by atoms with Gasteiger partial charge in [-0.05, 0) is 64.7 Å². The topological polar surface area (TPSA) is 352 Å². The number of aliphatic hydroxyl groups excluding tert-OH is 9. The Morgan fingerprint density at radius 3 is 1.35 bits per heavy atom. The molecule has 12 N–H and O–H groups in total. The van der Waals surface area contributed by atoms with Gasteiger partial charge in [-0.15, -0.1) is 0 Å². The number of unbranched alkanes of at least 4 members (excludes halogenated alkanes) is 6. The molecule has 0 saturated carbocycles. The molecular weight excluding hydrogens is 918 g/mol. The zero-order valence-electron chi connectivity index (χ0n) is 41.1. The first-order valence-electron chi connectivity index (χ1n) is 24.1. The van der Waals surface area contributed by atoms with E-state index in [1.165, 1.54) is 20.8 Å². The van der Waals surface area contributed by atoms with Gasteiger partial charge in [-0.1, -0.05) is 6.92 Å². The van der Waals surface area contributed by atoms with Crippen LogP contribution in [0.25, 0.3) is 0 Å². The predicted molar refractivity (Wildman–Crippen MR) is 243 cm³/mol. The fraction of sp³-hybridized carbons (Fsp3) is 0.933. The van der Waals surface area contributed by atoms with E-state index in [-0.39, 0.29) is 25.7 Å². The summed E-state index contributed by atoms with van der Waals surface area (Å²) in [5.41, 5.74) is -0.514. The highest BCUT2D eigenvalue weighted by molar-refractivity contribution is 5.74. The second-order valence-corrected chi connectivity index (χ2v) is 18.1. The zero-order valence-corrected chi connectivity index (χ0v) is 41.1. The van der Waals surface area contributed by atoms with Crippen molar-refractivity contribution in [3.05, 3.63) is 0 Å². The van der Waals surface area contributed by atoms with Crippen molar-refractivity contribution in [3.63, 3.8) is 0 Å². The van der Waals surface area contributed by atoms with Crippen LogP contribution in [0.1, 0.15) is 92.4 Å². The summed E-state index contributed by atoms with van der Waals surface area (Å²) in [6.45, 7) is 8.34. The molecule has 0 aromatic rings. The minimum atomic E-state index is -1.40. The maximum Gasteiger partial charge on any atom is 0.217 e. The highest BCUT2D eigenvalue weighted by Gasteiger charge is 2.46. The Labute approximate surface area is 405 Å². The number of hydrogen-bond acceptors (Lipinski definition) is 21. The molecule has 3 amide bonds. The Bertz CT molecular complexity index is 1330. The molecule has 14 atom stereocenters. The van der Waals surface area contributed by atoms with Gasteiger partial charge in [-0.3, -0.25) is 14.4 Å². The predicted octanol–water partition coefficient (Wildman–Crippen LogP) is -2.93. The Balaban J connectivity index is 1.85. The summed E-state index contributed by atoms with van der Waals surface area (Å²) in [6.07, 6.45) is -7.17. The van der Waals surface area contributed by atoms with E-state index in [2.05, 4.69) is 16.0 Å². The van der Waals surface area contributed by atoms with Gasteiger partial charge in [0, 0.05) is 65.8 Å². The van der Waals surface area contributed by atoms with Crippen molar-refractivity contribution in [2.24, 2.45) is 5.41 Å². The second-order valence-electron chi connectivity index (χ2n) is 18.1. The van der Waals surface area contributed by atoms with Crippen LogP contribution < -0.4 is 16.0 Å². The molecule has 24 nitrogen and oxygen atoms in total. The van der Waals surface area contributed by atoms with Crippen molar-refractivity contribution in [3.8, 4) is 0 Å². The highest BCUT2D eigenvalue weighted by Crippen LogP contribution is 2.25. The third kappa shape index (κ3) is 23.9. The lowest BCUT2D eigenvalue weighted by molar-refractivity contribution is -0.270. The molecular formula is C45H85N3O21. The molecule has 2 heterocycles. The fourth-order valence-corrected chi connectivity index (χ4v) is 7.59. The quantitative estimate of drug-likeness (QED) is 0.0218. The molecule has 69 heavy (non-hydrogen) atoms. The minimum absolute atomic E-state index is 0.228. The molecule has 2 fully saturated rings. The molecule has 0 aromatic carbocycles. The maximum absolute atomic E-state index is 11.7. The van der Waals surface area contributed by atoms with Gasteiger partial charge in [-0.2, -0.15) is 0 Å². The number of ether oxygens (including phenoxy) is 9. The molecule has 2 aliphatic heterocycles. The smallest absolute Gasteiger partial charge is 0.217 e. The minimum Gasteiger partial charge on any atom is -0.394 e. The first-order valence-corrected chi connectivity index (χ1v) is 24.1. The van der Waals surface area contributed by atoms with Crippen LogP contribution in [0.15, 0.2) is 0 Å². The van der Waals surface area contributed by atoms with E-state index in [1.54, 1.807) is 6.92 Å². The molecule has 406 valence electrons. The highest BCUT2D eigenvalue weighted by atomic mass is 16.7. The Morgan fingerprint density at radius 2 is 0.986 bits per heavy atom. The lowest BCUT2D eigenvalue weighted by Gasteiger charge is -2.42. The molecule has 0 aromatic heterocycles. The average Bonchev–Trinajstić information content (AvgIpc) is 3.30. The molecule has 0 bridgehead atoms. The Hall–Kier alpha value is -2.31. The number of aliphatic hydroxyl groups is 9. The monoisotopic (exact) mass is 1000 g/mol. The maximum atomic E-state index is 11.7. The molecule has 2 saturated heterocycles. The van der Waals surface area contributed by atoms with E-state index in [0.717, 1.165) is 19.3 Å². The summed E-state index contributed by atoms with van der Waals surface area (Å²) in [5, 5.41) is 97.3. The van der Waals surface area contributed by atoms with Crippen molar-refractivity contribution in [2.45, 2.75) is 178 Å². The summed E-state index contributed by atoms with van der Waals surface area (Å²) >= 11 is 0. The Morgan fingerprint density at radius 1 is 0.580 bits per heavy atom. The lowest BCUT2D eigenvalue weighted by atomic mass is 9.94. The van der Waals surface area contributed by atoms with Crippen LogP contribution in [0.2, 0.25) is 0 Å². The number of hydrogen-bond donors (Lipinski definition) is 12. The van der Waals surface area contributed by atoms with E-state index in [1.807, 2.05) is 6.92 Å². The molecule has 0 radical (unpaired) electrons. The molecule has 2 rings (SSSR count). The first kappa shape index (κ1) is 62.8. The van der Waals surface area contributed by atoms with Crippen LogP contribution >= 0.6 is 0 Å². The van der Waals surface area contributed by atoms with Crippen LogP contribution in [0, 0.1) is 5.41 Å². The lowest BCUT2D eigenvalue weighted by Crippen LogP contribution is -2.64. The van der Waals surface area contributed by atoms with Crippen molar-refractivity contribution in [2.75, 3.05) is 85.9 Å². The third-order valence-corrected chi connectivity index (χ3v) is 11.4. The van der Waals surface area contributed by atoms with Crippen LogP contribution in [0.4, 0.5) is 0 Å². The van der Waals surface area contributed by atoms with Gasteiger partial charge in [-0.25, -0.2) is 0 Å². The average molecular weight is 1000 g/mol. The number of rotatable bonds is 38. The standard InChI is InChI=1S/C45H85N3O21/c1-28(46-29(2)53)42(67-33(22-50)32(56)21-49)64-18-12-6-9-15-61-25-45(5,26-62-16-10-7-13-19-65-43-36(47-30(3)54)40(59)38(57)34(23-51)68-43)27-63-17-11-8-14-20-66-44-37(48-31(4)55)41(60)39(58)35(24-52)69-44/h28,32-44,49-52,56-60H,6-27H2,1-5H3,(H,46,53)(H,47,54)(H,48,55)/t28?,32-,33?,34?,35?,36?,37?,38+,39+,40?,41?,42-,43-,44-,45?/m1/s1. The number of nitrogens with one attached hydrogen (secondary N) is 3. The van der Waals surface area contributed by atoms with E-state index in [4.69, 9.17) is 42.6 Å². The van der Waals surface area contributed by atoms with Crippen LogP contribution in [-0.4, -0.2) is 235 Å². The summed E-state index contributed by atoms with van der Waals surface area (Å²) in [7, 11) is 0. The largest absolute Gasteiger partial charge is 0.394 e. The Kier molecular flexibility index (Phi) is 31.8. The first-order chi connectivity index (χ1) is 32.9. The van der Waals surface area contributed by atoms with E-state index >= 15 is 0 Å². The summed E-state index contributed by atoms with van der Waals surface area (Å²) in [5.74, 6) is -1.19. The normalized spacial score (nSPS) is 27.7. The molecule has 8 unspecified atom stereocenters. The summed E-state index contributed by atoms with van der Waals surface area (Å²) in [6, 6.07) is -2.63. The van der Waals surface area contributed by atoms with Gasteiger partial charge in [0.15, 0.2) is 18.9 Å². The van der Waals surface area contributed by atoms with Gasteiger partial charge in [0.1, 0.15) is 60.9 Å². The van der Waals surface area contributed by atoms with E-state index in [9.17, 15) is 60.3 Å². The van der Waals surface area contributed by atoms with Crippen LogP contribution in [0.5, 0.6) is 0 Å².